The Morgan fingerprint density at radius 2 is 1.96 bits per heavy atom. The molecule has 0 spiro atoms. The zero-order valence-electron chi connectivity index (χ0n) is 14.6. The first-order chi connectivity index (χ1) is 12.8. The second kappa shape index (κ2) is 8.18. The molecule has 1 fully saturated rings. The summed E-state index contributed by atoms with van der Waals surface area (Å²) in [5.74, 6) is 6.24. The molecule has 1 aliphatic carbocycles. The van der Waals surface area contributed by atoms with Crippen LogP contribution in [0.15, 0.2) is 46.6 Å². The van der Waals surface area contributed by atoms with Crippen molar-refractivity contribution in [2.45, 2.75) is 19.8 Å². The highest BCUT2D eigenvalue weighted by atomic mass is 35.5. The Labute approximate surface area is 171 Å². The van der Waals surface area contributed by atoms with Crippen LogP contribution in [-0.2, 0) is 4.79 Å². The second-order valence-electron chi connectivity index (χ2n) is 6.17. The molecule has 1 aromatic carbocycles. The average molecular weight is 418 g/mol. The summed E-state index contributed by atoms with van der Waals surface area (Å²) in [5.41, 5.74) is 12.7. The Kier molecular flexibility index (Phi) is 5.91. The lowest BCUT2D eigenvalue weighted by molar-refractivity contribution is -0.114. The number of hydrogen-bond donors (Lipinski definition) is 2. The fraction of sp³-hybridized carbons (Fsp3) is 0.200. The number of nitrogens with two attached hydrogens (primary N) is 2. The van der Waals surface area contributed by atoms with E-state index in [-0.39, 0.29) is 5.70 Å². The molecule has 1 aliphatic rings. The molecule has 4 nitrogen and oxygen atoms in total. The predicted molar refractivity (Wildman–Crippen MR) is 113 cm³/mol. The van der Waals surface area contributed by atoms with Crippen molar-refractivity contribution in [1.29, 1.82) is 0 Å². The number of thiophene rings is 1. The van der Waals surface area contributed by atoms with Gasteiger partial charge in [-0.1, -0.05) is 35.0 Å². The van der Waals surface area contributed by atoms with Gasteiger partial charge in [0.25, 0.3) is 5.91 Å². The summed E-state index contributed by atoms with van der Waals surface area (Å²) in [7, 11) is 0. The van der Waals surface area contributed by atoms with Crippen molar-refractivity contribution in [3.63, 3.8) is 0 Å². The first-order valence-corrected chi connectivity index (χ1v) is 9.84. The van der Waals surface area contributed by atoms with E-state index in [1.54, 1.807) is 25.1 Å². The lowest BCUT2D eigenvalue weighted by Gasteiger charge is -2.09. The second-order valence-corrected chi connectivity index (χ2v) is 8.09. The predicted octanol–water partition coefficient (Wildman–Crippen LogP) is 4.66. The van der Waals surface area contributed by atoms with Crippen molar-refractivity contribution in [3.05, 3.63) is 61.4 Å². The first-order valence-electron chi connectivity index (χ1n) is 8.27. The molecule has 1 aromatic heterocycles. The molecule has 7 heteroatoms. The van der Waals surface area contributed by atoms with Crippen LogP contribution in [0.2, 0.25) is 10.0 Å². The first kappa shape index (κ1) is 19.5. The zero-order valence-corrected chi connectivity index (χ0v) is 16.9. The van der Waals surface area contributed by atoms with Gasteiger partial charge in [0.1, 0.15) is 5.70 Å². The highest BCUT2D eigenvalue weighted by Gasteiger charge is 2.18. The van der Waals surface area contributed by atoms with Crippen LogP contribution in [0.4, 0.5) is 5.69 Å². The Balaban J connectivity index is 2.08. The van der Waals surface area contributed by atoms with Crippen molar-refractivity contribution >= 4 is 51.8 Å². The smallest absolute Gasteiger partial charge is 0.264 e. The van der Waals surface area contributed by atoms with E-state index < -0.39 is 5.91 Å². The maximum absolute atomic E-state index is 11.6. The van der Waals surface area contributed by atoms with Gasteiger partial charge < -0.3 is 11.5 Å². The van der Waals surface area contributed by atoms with Crippen LogP contribution < -0.4 is 11.5 Å². The van der Waals surface area contributed by atoms with Crippen LogP contribution >= 0.6 is 34.5 Å². The number of allylic oxidation sites excluding steroid dienone is 1. The Bertz CT molecular complexity index is 1020. The van der Waals surface area contributed by atoms with Crippen molar-refractivity contribution < 1.29 is 4.79 Å². The van der Waals surface area contributed by atoms with Crippen LogP contribution in [0.5, 0.6) is 0 Å². The molecule has 138 valence electrons. The third-order valence-electron chi connectivity index (χ3n) is 3.98. The molecule has 0 atom stereocenters. The molecule has 0 saturated heterocycles. The van der Waals surface area contributed by atoms with E-state index >= 15 is 0 Å². The molecule has 4 N–H and O–H groups in total. The molecule has 0 aliphatic heterocycles. The van der Waals surface area contributed by atoms with Crippen LogP contribution in [0.3, 0.4) is 0 Å². The standard InChI is InChI=1S/C20H17Cl2N3OS/c1-11(18(23)20(24)26)19(25-16-8-5-13(21)10-15(16)22)17-9-7-14(27-17)6-4-12-2-3-12/h5,7-10,12H,2-3,23H2,1H3,(H2,24,26). The molecule has 0 radical (unpaired) electrons. The molecule has 2 aromatic rings. The highest BCUT2D eigenvalue weighted by Crippen LogP contribution is 2.31. The number of hydrogen-bond acceptors (Lipinski definition) is 4. The third-order valence-corrected chi connectivity index (χ3v) is 5.53. The number of primary amides is 1. The molecular weight excluding hydrogens is 401 g/mol. The van der Waals surface area contributed by atoms with Gasteiger partial charge in [0, 0.05) is 16.5 Å². The zero-order chi connectivity index (χ0) is 19.6. The van der Waals surface area contributed by atoms with Crippen molar-refractivity contribution in [2.24, 2.45) is 22.4 Å². The van der Waals surface area contributed by atoms with E-state index in [9.17, 15) is 4.79 Å². The summed E-state index contributed by atoms with van der Waals surface area (Å²) in [5, 5.41) is 0.911. The molecule has 3 rings (SSSR count). The minimum absolute atomic E-state index is 0.0437. The minimum atomic E-state index is -0.701. The third kappa shape index (κ3) is 4.92. The number of rotatable bonds is 4. The summed E-state index contributed by atoms with van der Waals surface area (Å²) in [6, 6.07) is 8.85. The summed E-state index contributed by atoms with van der Waals surface area (Å²) < 4.78 is 0. The topological polar surface area (TPSA) is 81.5 Å². The monoisotopic (exact) mass is 417 g/mol. The number of amides is 1. The van der Waals surface area contributed by atoms with E-state index in [4.69, 9.17) is 34.7 Å². The summed E-state index contributed by atoms with van der Waals surface area (Å²) in [6.07, 6.45) is 2.34. The van der Waals surface area contributed by atoms with Gasteiger partial charge in [-0.15, -0.1) is 11.3 Å². The fourth-order valence-corrected chi connectivity index (χ4v) is 3.63. The number of nitrogens with zero attached hydrogens (tertiary/aromatic N) is 1. The number of carbonyl (C=O) groups excluding carboxylic acids is 1. The van der Waals surface area contributed by atoms with E-state index in [1.807, 2.05) is 12.1 Å². The Hall–Kier alpha value is -2.26. The van der Waals surface area contributed by atoms with Gasteiger partial charge in [-0.05, 0) is 50.1 Å². The van der Waals surface area contributed by atoms with Crippen LogP contribution in [-0.4, -0.2) is 11.6 Å². The van der Waals surface area contributed by atoms with Crippen LogP contribution in [0.25, 0.3) is 0 Å². The maximum Gasteiger partial charge on any atom is 0.264 e. The summed E-state index contributed by atoms with van der Waals surface area (Å²) >= 11 is 13.7. The van der Waals surface area contributed by atoms with Gasteiger partial charge in [0.15, 0.2) is 0 Å². The van der Waals surface area contributed by atoms with Gasteiger partial charge in [0.2, 0.25) is 0 Å². The van der Waals surface area contributed by atoms with Crippen LogP contribution in [0.1, 0.15) is 29.5 Å². The minimum Gasteiger partial charge on any atom is -0.394 e. The van der Waals surface area contributed by atoms with Crippen molar-refractivity contribution in [3.8, 4) is 11.8 Å². The Morgan fingerprint density at radius 3 is 2.59 bits per heavy atom. The van der Waals surface area contributed by atoms with E-state index in [2.05, 4.69) is 16.8 Å². The molecular formula is C20H17Cl2N3OS. The van der Waals surface area contributed by atoms with Gasteiger partial charge in [-0.25, -0.2) is 4.99 Å². The van der Waals surface area contributed by atoms with Gasteiger partial charge in [-0.2, -0.15) is 0 Å². The SMILES string of the molecule is CC(C(=Nc1ccc(Cl)cc1Cl)c1ccc(C#CC2CC2)s1)=C(N)C(N)=O. The van der Waals surface area contributed by atoms with E-state index in [0.717, 1.165) is 9.75 Å². The fourth-order valence-electron chi connectivity index (χ4n) is 2.26. The molecule has 1 saturated carbocycles. The molecule has 27 heavy (non-hydrogen) atoms. The maximum atomic E-state index is 11.6. The highest BCUT2D eigenvalue weighted by molar-refractivity contribution is 7.14. The summed E-state index contributed by atoms with van der Waals surface area (Å²) in [6.45, 7) is 1.71. The lowest BCUT2D eigenvalue weighted by Crippen LogP contribution is -2.24. The molecule has 1 heterocycles. The molecule has 0 unspecified atom stereocenters. The van der Waals surface area contributed by atoms with Gasteiger partial charge in [-0.3, -0.25) is 4.79 Å². The lowest BCUT2D eigenvalue weighted by atomic mass is 10.1. The molecule has 0 bridgehead atoms. The number of benzene rings is 1. The van der Waals surface area contributed by atoms with E-state index in [1.165, 1.54) is 24.2 Å². The van der Waals surface area contributed by atoms with E-state index in [0.29, 0.717) is 32.9 Å². The quantitative estimate of drug-likeness (QED) is 0.430. The average Bonchev–Trinajstić information content (AvgIpc) is 3.34. The van der Waals surface area contributed by atoms with Crippen LogP contribution in [0, 0.1) is 17.8 Å². The number of halogens is 2. The van der Waals surface area contributed by atoms with Gasteiger partial charge in [0.05, 0.1) is 26.2 Å². The van der Waals surface area contributed by atoms with Crippen molar-refractivity contribution in [2.75, 3.05) is 0 Å². The summed E-state index contributed by atoms with van der Waals surface area (Å²) in [4.78, 5) is 17.9. The largest absolute Gasteiger partial charge is 0.394 e. The Morgan fingerprint density at radius 1 is 1.22 bits per heavy atom. The number of carbonyl (C=O) groups is 1. The number of aliphatic imine (C=N–C) groups is 1. The normalized spacial score (nSPS) is 15.0. The van der Waals surface area contributed by atoms with Gasteiger partial charge >= 0.3 is 0 Å². The van der Waals surface area contributed by atoms with Crippen molar-refractivity contribution in [1.82, 2.24) is 0 Å². The molecule has 1 amide bonds.